The first-order chi connectivity index (χ1) is 26.8. The minimum Gasteiger partial charge on any atom is -0.462 e. The normalized spacial score (nSPS) is 20.5. The fraction of sp³-hybridized carbons (Fsp3) is 0.795. The van der Waals surface area contributed by atoms with Crippen molar-refractivity contribution >= 4 is 25.5 Å². The minimum atomic E-state index is -4.43. The monoisotopic (exact) mass is 811 g/mol. The summed E-state index contributed by atoms with van der Waals surface area (Å²) in [7, 11) is 1.36. The van der Waals surface area contributed by atoms with Gasteiger partial charge in [0.1, 0.15) is 25.9 Å². The molecule has 0 radical (unpaired) electrons. The Hall–Kier alpha value is -2.14. The molecule has 12 heteroatoms. The molecule has 5 atom stereocenters. The molecule has 56 heavy (non-hydrogen) atoms. The van der Waals surface area contributed by atoms with Crippen molar-refractivity contribution in [2.45, 2.75) is 173 Å². The van der Waals surface area contributed by atoms with Crippen LogP contribution in [0.5, 0.6) is 0 Å². The van der Waals surface area contributed by atoms with E-state index >= 15 is 0 Å². The van der Waals surface area contributed by atoms with Crippen molar-refractivity contribution in [1.82, 2.24) is 0 Å². The summed E-state index contributed by atoms with van der Waals surface area (Å²) in [6.45, 7) is 4.16. The zero-order valence-corrected chi connectivity index (χ0v) is 36.5. The van der Waals surface area contributed by atoms with Gasteiger partial charge >= 0.3 is 19.8 Å². The summed E-state index contributed by atoms with van der Waals surface area (Å²) >= 11 is 0. The molecule has 0 amide bonds. The van der Waals surface area contributed by atoms with Gasteiger partial charge in [0.05, 0.1) is 33.9 Å². The highest BCUT2D eigenvalue weighted by Crippen LogP contribution is 2.43. The smallest absolute Gasteiger partial charge is 0.462 e. The molecule has 2 aliphatic rings. The molecule has 1 saturated heterocycles. The van der Waals surface area contributed by atoms with Crippen LogP contribution in [0.4, 0.5) is 0 Å². The maximum absolute atomic E-state index is 12.8. The number of carbonyl (C=O) groups is 3. The summed E-state index contributed by atoms with van der Waals surface area (Å²) < 4.78 is 40.1. The number of hydrogen-bond acceptors (Lipinski definition) is 9. The first kappa shape index (κ1) is 50.0. The number of hydrogen-bond donors (Lipinski definition) is 1. The lowest BCUT2D eigenvalue weighted by Gasteiger charge is -2.24. The molecule has 1 aliphatic carbocycles. The quantitative estimate of drug-likeness (QED) is 0.0125. The molecule has 11 nitrogen and oxygen atoms in total. The molecular weight excluding hydrogens is 733 g/mol. The van der Waals surface area contributed by atoms with E-state index in [2.05, 4.69) is 26.0 Å². The summed E-state index contributed by atoms with van der Waals surface area (Å²) in [5.74, 6) is -0.865. The second kappa shape index (κ2) is 29.1. The predicted molar refractivity (Wildman–Crippen MR) is 222 cm³/mol. The Morgan fingerprint density at radius 1 is 0.821 bits per heavy atom. The number of phosphoric acid groups is 1. The van der Waals surface area contributed by atoms with Crippen molar-refractivity contribution < 1.29 is 51.6 Å². The van der Waals surface area contributed by atoms with Crippen LogP contribution in [0.1, 0.15) is 155 Å². The van der Waals surface area contributed by atoms with Gasteiger partial charge in [-0.3, -0.25) is 23.4 Å². The highest BCUT2D eigenvalue weighted by molar-refractivity contribution is 7.47. The number of unbranched alkanes of at least 4 members (excludes halogenated alkanes) is 15. The molecule has 1 heterocycles. The lowest BCUT2D eigenvalue weighted by Crippen LogP contribution is -2.37. The van der Waals surface area contributed by atoms with Gasteiger partial charge in [-0.1, -0.05) is 122 Å². The summed E-state index contributed by atoms with van der Waals surface area (Å²) in [5.41, 5.74) is 0.768. The largest absolute Gasteiger partial charge is 0.472 e. The Bertz CT molecular complexity index is 1260. The Labute approximate surface area is 339 Å². The molecule has 1 unspecified atom stereocenters. The Morgan fingerprint density at radius 2 is 1.43 bits per heavy atom. The second-order valence-corrected chi connectivity index (χ2v) is 18.0. The molecule has 0 aromatic rings. The van der Waals surface area contributed by atoms with Gasteiger partial charge in [-0.05, 0) is 50.7 Å². The van der Waals surface area contributed by atoms with Crippen LogP contribution in [0, 0.1) is 5.92 Å². The van der Waals surface area contributed by atoms with E-state index in [0.29, 0.717) is 30.3 Å². The zero-order chi connectivity index (χ0) is 41.1. The molecule has 322 valence electrons. The van der Waals surface area contributed by atoms with E-state index in [9.17, 15) is 23.8 Å². The van der Waals surface area contributed by atoms with Crippen LogP contribution < -0.4 is 0 Å². The van der Waals surface area contributed by atoms with Crippen LogP contribution in [-0.4, -0.2) is 92.9 Å². The lowest BCUT2D eigenvalue weighted by atomic mass is 9.96. The van der Waals surface area contributed by atoms with E-state index < -0.39 is 32.5 Å². The van der Waals surface area contributed by atoms with Crippen molar-refractivity contribution in [3.8, 4) is 0 Å². The van der Waals surface area contributed by atoms with Crippen LogP contribution in [0.15, 0.2) is 36.0 Å². The lowest BCUT2D eigenvalue weighted by molar-refractivity contribution is -0.870. The third-order valence-corrected chi connectivity index (χ3v) is 11.2. The fourth-order valence-electron chi connectivity index (χ4n) is 6.58. The number of esters is 2. The van der Waals surface area contributed by atoms with Gasteiger partial charge in [-0.25, -0.2) is 4.57 Å². The molecule has 1 N–H and O–H groups in total. The Kier molecular flexibility index (Phi) is 26.0. The van der Waals surface area contributed by atoms with E-state index in [0.717, 1.165) is 37.7 Å². The molecule has 1 fully saturated rings. The maximum Gasteiger partial charge on any atom is 0.472 e. The summed E-state index contributed by atoms with van der Waals surface area (Å²) in [6.07, 6.45) is 31.1. The number of ketones is 1. The first-order valence-corrected chi connectivity index (χ1v) is 23.3. The van der Waals surface area contributed by atoms with Gasteiger partial charge in [0.15, 0.2) is 11.9 Å². The second-order valence-electron chi connectivity index (χ2n) is 16.6. The summed E-state index contributed by atoms with van der Waals surface area (Å²) in [6, 6.07) is 0. The third-order valence-electron chi connectivity index (χ3n) is 10.2. The maximum atomic E-state index is 12.8. The number of carbonyl (C=O) groups excluding carboxylic acids is 3. The number of rotatable bonds is 35. The van der Waals surface area contributed by atoms with E-state index in [4.69, 9.17) is 23.3 Å². The van der Waals surface area contributed by atoms with Crippen LogP contribution in [-0.2, 0) is 42.2 Å². The molecule has 0 aromatic carbocycles. The highest BCUT2D eigenvalue weighted by atomic mass is 31.2. The Morgan fingerprint density at radius 3 is 2.07 bits per heavy atom. The van der Waals surface area contributed by atoms with Gasteiger partial charge in [0, 0.05) is 24.3 Å². The molecule has 0 spiro atoms. The molecule has 0 bridgehead atoms. The molecule has 0 saturated carbocycles. The molecule has 1 aliphatic heterocycles. The number of epoxide rings is 1. The van der Waals surface area contributed by atoms with Crippen molar-refractivity contribution in [3.63, 3.8) is 0 Å². The van der Waals surface area contributed by atoms with Gasteiger partial charge in [0.2, 0.25) is 0 Å². The molecule has 0 aromatic heterocycles. The van der Waals surface area contributed by atoms with Crippen LogP contribution >= 0.6 is 7.82 Å². The SMILES string of the molecule is CCCCC/C=C\C[C@H]1C=CC(=O)/C1=C\[C@H]1O[C@@H]1CCCC(=O)O[C@H](COC(=O)CCCCCCCCCCCCCCC)COP(=O)(O)OCC[N+](C)(C)C. The third kappa shape index (κ3) is 25.3. The van der Waals surface area contributed by atoms with Crippen molar-refractivity contribution in [2.24, 2.45) is 5.92 Å². The number of phosphoric ester groups is 1. The zero-order valence-electron chi connectivity index (χ0n) is 35.6. The predicted octanol–water partition coefficient (Wildman–Crippen LogP) is 9.91. The van der Waals surface area contributed by atoms with E-state index in [-0.39, 0.29) is 50.0 Å². The molecule has 2 rings (SSSR count). The number of quaternary nitrogens is 1. The number of ether oxygens (including phenoxy) is 3. The highest BCUT2D eigenvalue weighted by Gasteiger charge is 2.38. The van der Waals surface area contributed by atoms with E-state index in [1.165, 1.54) is 77.0 Å². The van der Waals surface area contributed by atoms with E-state index in [1.807, 2.05) is 33.3 Å². The van der Waals surface area contributed by atoms with Crippen molar-refractivity contribution in [1.29, 1.82) is 0 Å². The van der Waals surface area contributed by atoms with Crippen molar-refractivity contribution in [2.75, 3.05) is 47.5 Å². The van der Waals surface area contributed by atoms with E-state index in [1.54, 1.807) is 6.08 Å². The van der Waals surface area contributed by atoms with Gasteiger partial charge in [0.25, 0.3) is 0 Å². The van der Waals surface area contributed by atoms with Crippen LogP contribution in [0.2, 0.25) is 0 Å². The van der Waals surface area contributed by atoms with Crippen molar-refractivity contribution in [3.05, 3.63) is 36.0 Å². The number of nitrogens with zero attached hydrogens (tertiary/aromatic N) is 1. The minimum absolute atomic E-state index is 0.00173. The summed E-state index contributed by atoms with van der Waals surface area (Å²) in [4.78, 5) is 48.1. The Balaban J connectivity index is 1.74. The standard InChI is InChI=1S/C44H76NO10P/c1-6-8-10-12-14-15-16-17-18-19-20-22-24-28-43(47)51-35-38(36-53-56(49,50)52-33-32-45(3,4)5)54-44(48)29-25-27-41-42(55-41)34-39-37(30-31-40(39)46)26-23-21-13-11-9-7-2/h21,23,30-31,34,37-38,41-42H,6-20,22,24-29,32-33,35-36H2,1-5H3/p+1/b23-21-,39-34-/t37-,38+,41+,42+/m0/s1. The average molecular weight is 811 g/mol. The fourth-order valence-corrected chi connectivity index (χ4v) is 7.32. The number of likely N-dealkylation sites (N-methyl/N-ethyl adjacent to an activating group) is 1. The van der Waals surface area contributed by atoms with Crippen LogP contribution in [0.25, 0.3) is 0 Å². The topological polar surface area (TPSA) is 138 Å². The van der Waals surface area contributed by atoms with Gasteiger partial charge < -0.3 is 23.6 Å². The first-order valence-electron chi connectivity index (χ1n) is 21.9. The van der Waals surface area contributed by atoms with Crippen LogP contribution in [0.3, 0.4) is 0 Å². The summed E-state index contributed by atoms with van der Waals surface area (Å²) in [5, 5.41) is 0. The average Bonchev–Trinajstić information content (AvgIpc) is 3.80. The van der Waals surface area contributed by atoms with Gasteiger partial charge in [-0.15, -0.1) is 0 Å². The van der Waals surface area contributed by atoms with Gasteiger partial charge in [-0.2, -0.15) is 0 Å². The number of allylic oxidation sites excluding steroid dienone is 5. The molecular formula is C44H77NO10P+.